The zero-order valence-corrected chi connectivity index (χ0v) is 11.9. The molecule has 1 N–H and O–H groups in total. The fourth-order valence-electron chi connectivity index (χ4n) is 1.64. The van der Waals surface area contributed by atoms with Gasteiger partial charge in [-0.15, -0.1) is 0 Å². The van der Waals surface area contributed by atoms with Crippen LogP contribution in [0, 0.1) is 19.5 Å². The molecule has 0 saturated heterocycles. The fourth-order valence-corrected chi connectivity index (χ4v) is 2.22. The maximum absolute atomic E-state index is 13.8. The topological polar surface area (TPSA) is 55.2 Å². The lowest BCUT2D eigenvalue weighted by molar-refractivity contribution is -0.387. The number of nitrogens with zero attached hydrogens (tertiary/aromatic N) is 1. The van der Waals surface area contributed by atoms with Gasteiger partial charge >= 0.3 is 5.69 Å². The Labute approximate surface area is 122 Å². The van der Waals surface area contributed by atoms with Crippen LogP contribution in [0.4, 0.5) is 15.8 Å². The monoisotopic (exact) mass is 372 g/mol. The lowest BCUT2D eigenvalue weighted by Gasteiger charge is -2.09. The molecule has 4 nitrogen and oxygen atoms in total. The molecule has 0 aliphatic carbocycles. The van der Waals surface area contributed by atoms with Gasteiger partial charge in [0.2, 0.25) is 5.82 Å². The largest absolute Gasteiger partial charge is 0.380 e. The van der Waals surface area contributed by atoms with Crippen LogP contribution in [0.3, 0.4) is 0 Å². The average Bonchev–Trinajstić information content (AvgIpc) is 2.39. The zero-order valence-electron chi connectivity index (χ0n) is 9.77. The van der Waals surface area contributed by atoms with Crippen LogP contribution in [-0.2, 0) is 6.54 Å². The van der Waals surface area contributed by atoms with Crippen molar-refractivity contribution in [3.63, 3.8) is 0 Å². The lowest BCUT2D eigenvalue weighted by Crippen LogP contribution is -2.04. The molecule has 0 fully saturated rings. The summed E-state index contributed by atoms with van der Waals surface area (Å²) in [6.07, 6.45) is 0. The van der Waals surface area contributed by atoms with Crippen molar-refractivity contribution in [1.82, 2.24) is 0 Å². The van der Waals surface area contributed by atoms with Crippen LogP contribution in [-0.4, -0.2) is 4.92 Å². The number of para-hydroxylation sites is 1. The summed E-state index contributed by atoms with van der Waals surface area (Å²) in [4.78, 5) is 9.93. The van der Waals surface area contributed by atoms with Crippen molar-refractivity contribution in [3.05, 3.63) is 67.5 Å². The summed E-state index contributed by atoms with van der Waals surface area (Å²) in [5.41, 5.74) is 0.643. The van der Waals surface area contributed by atoms with E-state index in [4.69, 9.17) is 0 Å². The van der Waals surface area contributed by atoms with Crippen molar-refractivity contribution in [3.8, 4) is 0 Å². The molecule has 0 aromatic heterocycles. The third-order valence-electron chi connectivity index (χ3n) is 2.60. The van der Waals surface area contributed by atoms with E-state index in [0.717, 1.165) is 15.3 Å². The Balaban J connectivity index is 2.19. The summed E-state index contributed by atoms with van der Waals surface area (Å²) >= 11 is 2.16. The average molecular weight is 372 g/mol. The van der Waals surface area contributed by atoms with Gasteiger partial charge in [-0.3, -0.25) is 10.1 Å². The second kappa shape index (κ2) is 5.96. The molecule has 0 amide bonds. The maximum Gasteiger partial charge on any atom is 0.305 e. The highest BCUT2D eigenvalue weighted by atomic mass is 127. The standard InChI is InChI=1S/C13H10FIN2O2/c14-13-9(4-3-7-12(13)17(18)19)8-16-11-6-2-1-5-10(11)15/h1-7,16H,8H2. The quantitative estimate of drug-likeness (QED) is 0.502. The second-order valence-corrected chi connectivity index (χ2v) is 5.00. The highest BCUT2D eigenvalue weighted by molar-refractivity contribution is 14.1. The maximum atomic E-state index is 13.8. The summed E-state index contributed by atoms with van der Waals surface area (Å²) < 4.78 is 14.8. The van der Waals surface area contributed by atoms with Gasteiger partial charge in [-0.1, -0.05) is 24.3 Å². The van der Waals surface area contributed by atoms with Crippen molar-refractivity contribution in [2.24, 2.45) is 0 Å². The van der Waals surface area contributed by atoms with Gasteiger partial charge in [0.25, 0.3) is 0 Å². The molecule has 98 valence electrons. The molecule has 2 aromatic rings. The van der Waals surface area contributed by atoms with Crippen LogP contribution in [0.1, 0.15) is 5.56 Å². The number of anilines is 1. The molecule has 0 aliphatic rings. The number of nitrogens with one attached hydrogen (secondary N) is 1. The molecule has 19 heavy (non-hydrogen) atoms. The third kappa shape index (κ3) is 3.19. The van der Waals surface area contributed by atoms with Crippen LogP contribution in [0.5, 0.6) is 0 Å². The normalized spacial score (nSPS) is 10.2. The Bertz CT molecular complexity index is 619. The molecule has 0 aliphatic heterocycles. The Hall–Kier alpha value is -1.70. The SMILES string of the molecule is O=[N+]([O-])c1cccc(CNc2ccccc2I)c1F. The first kappa shape index (κ1) is 13.7. The van der Waals surface area contributed by atoms with Gasteiger partial charge in [-0.05, 0) is 34.7 Å². The molecule has 0 saturated carbocycles. The van der Waals surface area contributed by atoms with Gasteiger partial charge in [-0.2, -0.15) is 4.39 Å². The van der Waals surface area contributed by atoms with Crippen LogP contribution < -0.4 is 5.32 Å². The van der Waals surface area contributed by atoms with Crippen molar-refractivity contribution in [1.29, 1.82) is 0 Å². The predicted octanol–water partition coefficient (Wildman–Crippen LogP) is 3.95. The second-order valence-electron chi connectivity index (χ2n) is 3.84. The first-order valence-electron chi connectivity index (χ1n) is 5.50. The number of hydrogen-bond acceptors (Lipinski definition) is 3. The molecule has 0 bridgehead atoms. The minimum atomic E-state index is -0.786. The highest BCUT2D eigenvalue weighted by Crippen LogP contribution is 2.22. The number of hydrogen-bond donors (Lipinski definition) is 1. The molecular formula is C13H10FIN2O2. The molecule has 0 heterocycles. The Morgan fingerprint density at radius 3 is 2.63 bits per heavy atom. The van der Waals surface area contributed by atoms with Crippen molar-refractivity contribution >= 4 is 34.0 Å². The van der Waals surface area contributed by atoms with E-state index in [1.54, 1.807) is 0 Å². The minimum absolute atomic E-state index is 0.202. The molecule has 0 spiro atoms. The van der Waals surface area contributed by atoms with Crippen LogP contribution >= 0.6 is 22.6 Å². The number of nitro benzene ring substituents is 1. The van der Waals surface area contributed by atoms with Crippen LogP contribution in [0.25, 0.3) is 0 Å². The van der Waals surface area contributed by atoms with E-state index in [1.807, 2.05) is 24.3 Å². The smallest absolute Gasteiger partial charge is 0.305 e. The van der Waals surface area contributed by atoms with Gasteiger partial charge < -0.3 is 5.32 Å². The first-order chi connectivity index (χ1) is 9.09. The Morgan fingerprint density at radius 1 is 1.21 bits per heavy atom. The fraction of sp³-hybridized carbons (Fsp3) is 0.0769. The van der Waals surface area contributed by atoms with E-state index in [9.17, 15) is 14.5 Å². The molecule has 0 radical (unpaired) electrons. The zero-order chi connectivity index (χ0) is 13.8. The number of rotatable bonds is 4. The van der Waals surface area contributed by atoms with E-state index in [-0.39, 0.29) is 12.1 Å². The third-order valence-corrected chi connectivity index (χ3v) is 3.54. The summed E-state index contributed by atoms with van der Waals surface area (Å²) in [7, 11) is 0. The molecule has 6 heteroatoms. The van der Waals surface area contributed by atoms with E-state index < -0.39 is 16.4 Å². The Morgan fingerprint density at radius 2 is 1.95 bits per heavy atom. The van der Waals surface area contributed by atoms with E-state index >= 15 is 0 Å². The number of halogens is 2. The van der Waals surface area contributed by atoms with Gasteiger partial charge in [0.1, 0.15) is 0 Å². The van der Waals surface area contributed by atoms with Crippen molar-refractivity contribution < 1.29 is 9.31 Å². The molecule has 0 atom stereocenters. The number of nitro groups is 1. The summed E-state index contributed by atoms with van der Waals surface area (Å²) in [6, 6.07) is 11.7. The van der Waals surface area contributed by atoms with Gasteiger partial charge in [0.15, 0.2) is 0 Å². The van der Waals surface area contributed by atoms with Gasteiger partial charge in [-0.25, -0.2) is 0 Å². The summed E-state index contributed by atoms with van der Waals surface area (Å²) in [6.45, 7) is 0.202. The van der Waals surface area contributed by atoms with E-state index in [0.29, 0.717) is 0 Å². The van der Waals surface area contributed by atoms with E-state index in [1.165, 1.54) is 12.1 Å². The molecule has 0 unspecified atom stereocenters. The van der Waals surface area contributed by atoms with Crippen LogP contribution in [0.2, 0.25) is 0 Å². The first-order valence-corrected chi connectivity index (χ1v) is 6.57. The lowest BCUT2D eigenvalue weighted by atomic mass is 10.2. The summed E-state index contributed by atoms with van der Waals surface area (Å²) in [5.74, 6) is -0.786. The van der Waals surface area contributed by atoms with Crippen LogP contribution in [0.15, 0.2) is 42.5 Å². The molecule has 2 rings (SSSR count). The highest BCUT2D eigenvalue weighted by Gasteiger charge is 2.16. The van der Waals surface area contributed by atoms with Crippen molar-refractivity contribution in [2.45, 2.75) is 6.54 Å². The van der Waals surface area contributed by atoms with Gasteiger partial charge in [0.05, 0.1) is 4.92 Å². The van der Waals surface area contributed by atoms with Crippen molar-refractivity contribution in [2.75, 3.05) is 5.32 Å². The predicted molar refractivity (Wildman–Crippen MR) is 79.5 cm³/mol. The Kier molecular flexibility index (Phi) is 4.31. The summed E-state index contributed by atoms with van der Waals surface area (Å²) in [5, 5.41) is 13.7. The molecular weight excluding hydrogens is 362 g/mol. The molecule has 2 aromatic carbocycles. The number of benzene rings is 2. The minimum Gasteiger partial charge on any atom is -0.380 e. The van der Waals surface area contributed by atoms with Gasteiger partial charge in [0, 0.05) is 27.4 Å². The van der Waals surface area contributed by atoms with E-state index in [2.05, 4.69) is 27.9 Å².